The summed E-state index contributed by atoms with van der Waals surface area (Å²) < 4.78 is 28.1. The number of fused-ring (bicyclic) bond motifs is 1. The lowest BCUT2D eigenvalue weighted by atomic mass is 10.3. The molecule has 0 aliphatic rings. The van der Waals surface area contributed by atoms with Gasteiger partial charge in [0.25, 0.3) is 5.56 Å². The zero-order chi connectivity index (χ0) is 13.6. The van der Waals surface area contributed by atoms with Crippen LogP contribution in [0, 0.1) is 11.6 Å². The Kier molecular flexibility index (Phi) is 2.31. The monoisotopic (exact) mass is 263 g/mol. The van der Waals surface area contributed by atoms with Crippen molar-refractivity contribution in [3.8, 4) is 5.69 Å². The van der Waals surface area contributed by atoms with E-state index in [1.165, 1.54) is 16.9 Å². The highest BCUT2D eigenvalue weighted by molar-refractivity contribution is 5.74. The van der Waals surface area contributed by atoms with E-state index < -0.39 is 17.2 Å². The predicted octanol–water partition coefficient (Wildman–Crippen LogP) is 0.574. The molecule has 0 radical (unpaired) electrons. The number of benzene rings is 1. The molecule has 96 valence electrons. The van der Waals surface area contributed by atoms with Gasteiger partial charge in [0.2, 0.25) is 0 Å². The predicted molar refractivity (Wildman–Crippen MR) is 63.2 cm³/mol. The zero-order valence-electron chi connectivity index (χ0n) is 9.42. The third-order valence-corrected chi connectivity index (χ3v) is 2.66. The first-order valence-corrected chi connectivity index (χ1v) is 5.24. The molecule has 2 N–H and O–H groups in total. The molecule has 0 fully saturated rings. The summed E-state index contributed by atoms with van der Waals surface area (Å²) >= 11 is 0. The van der Waals surface area contributed by atoms with Crippen molar-refractivity contribution in [1.29, 1.82) is 0 Å². The molecular weight excluding hydrogens is 256 g/mol. The molecular formula is C11H7F2N5O. The van der Waals surface area contributed by atoms with E-state index in [4.69, 9.17) is 5.84 Å². The Labute approximate surface area is 104 Å². The Morgan fingerprint density at radius 3 is 2.74 bits per heavy atom. The Morgan fingerprint density at radius 1 is 1.21 bits per heavy atom. The molecule has 0 spiro atoms. The number of halogens is 2. The van der Waals surface area contributed by atoms with E-state index in [1.54, 1.807) is 0 Å². The van der Waals surface area contributed by atoms with E-state index in [9.17, 15) is 13.6 Å². The van der Waals surface area contributed by atoms with Crippen LogP contribution in [0.5, 0.6) is 0 Å². The number of rotatable bonds is 1. The summed E-state index contributed by atoms with van der Waals surface area (Å²) in [5.74, 6) is 3.41. The molecule has 0 aliphatic heterocycles. The SMILES string of the molecule is Nn1cnc2c(cnn2-c2ccc(F)c(F)c2)c1=O. The Hall–Kier alpha value is -2.77. The maximum absolute atomic E-state index is 13.2. The van der Waals surface area contributed by atoms with Gasteiger partial charge in [-0.05, 0) is 12.1 Å². The number of nitrogen functional groups attached to an aromatic ring is 1. The molecule has 2 heterocycles. The normalized spacial score (nSPS) is 11.1. The summed E-state index contributed by atoms with van der Waals surface area (Å²) in [5.41, 5.74) is 0.00659. The van der Waals surface area contributed by atoms with Crippen LogP contribution in [0.3, 0.4) is 0 Å². The lowest BCUT2D eigenvalue weighted by Crippen LogP contribution is -2.26. The minimum absolute atomic E-state index is 0.190. The average molecular weight is 263 g/mol. The van der Waals surface area contributed by atoms with Crippen LogP contribution in [-0.4, -0.2) is 19.4 Å². The van der Waals surface area contributed by atoms with E-state index in [0.717, 1.165) is 23.1 Å². The molecule has 0 atom stereocenters. The van der Waals surface area contributed by atoms with E-state index in [1.807, 2.05) is 0 Å². The number of aromatic nitrogens is 4. The van der Waals surface area contributed by atoms with E-state index >= 15 is 0 Å². The van der Waals surface area contributed by atoms with Crippen molar-refractivity contribution in [2.24, 2.45) is 0 Å². The van der Waals surface area contributed by atoms with Crippen molar-refractivity contribution >= 4 is 11.0 Å². The van der Waals surface area contributed by atoms with Crippen LogP contribution in [0.25, 0.3) is 16.7 Å². The fourth-order valence-electron chi connectivity index (χ4n) is 1.73. The minimum atomic E-state index is -1.01. The lowest BCUT2D eigenvalue weighted by molar-refractivity contribution is 0.507. The maximum atomic E-state index is 13.2. The standard InChI is InChI=1S/C11H7F2N5O/c12-8-2-1-6(3-9(8)13)18-10-7(4-16-18)11(19)17(14)5-15-10/h1-5H,14H2. The van der Waals surface area contributed by atoms with Crippen molar-refractivity contribution in [1.82, 2.24) is 19.4 Å². The Morgan fingerprint density at radius 2 is 2.00 bits per heavy atom. The fourth-order valence-corrected chi connectivity index (χ4v) is 1.73. The molecule has 6 nitrogen and oxygen atoms in total. The highest BCUT2D eigenvalue weighted by Gasteiger charge is 2.12. The first kappa shape index (κ1) is 11.3. The quantitative estimate of drug-likeness (QED) is 0.651. The first-order chi connectivity index (χ1) is 9.08. The fraction of sp³-hybridized carbons (Fsp3) is 0. The third-order valence-electron chi connectivity index (χ3n) is 2.66. The third kappa shape index (κ3) is 1.65. The summed E-state index contributed by atoms with van der Waals surface area (Å²) in [6.45, 7) is 0. The van der Waals surface area contributed by atoms with Crippen LogP contribution >= 0.6 is 0 Å². The van der Waals surface area contributed by atoms with Gasteiger partial charge in [-0.25, -0.2) is 23.1 Å². The smallest absolute Gasteiger partial charge is 0.282 e. The van der Waals surface area contributed by atoms with Gasteiger partial charge in [0.05, 0.1) is 11.9 Å². The summed E-state index contributed by atoms with van der Waals surface area (Å²) in [5, 5.41) is 4.12. The molecule has 2 aromatic heterocycles. The van der Waals surface area contributed by atoms with Crippen LogP contribution < -0.4 is 11.4 Å². The zero-order valence-corrected chi connectivity index (χ0v) is 9.42. The van der Waals surface area contributed by atoms with Crippen LogP contribution in [0.15, 0.2) is 35.5 Å². The van der Waals surface area contributed by atoms with Gasteiger partial charge in [-0.2, -0.15) is 5.10 Å². The molecule has 8 heteroatoms. The van der Waals surface area contributed by atoms with Gasteiger partial charge in [0.1, 0.15) is 11.7 Å². The molecule has 19 heavy (non-hydrogen) atoms. The van der Waals surface area contributed by atoms with Crippen molar-refractivity contribution in [2.45, 2.75) is 0 Å². The summed E-state index contributed by atoms with van der Waals surface area (Å²) in [6.07, 6.45) is 2.40. The van der Waals surface area contributed by atoms with Crippen LogP contribution in [-0.2, 0) is 0 Å². The number of hydrogen-bond acceptors (Lipinski definition) is 4. The molecule has 0 bridgehead atoms. The van der Waals surface area contributed by atoms with Gasteiger partial charge in [-0.15, -0.1) is 0 Å². The van der Waals surface area contributed by atoms with E-state index in [2.05, 4.69) is 10.1 Å². The first-order valence-electron chi connectivity index (χ1n) is 5.24. The van der Waals surface area contributed by atoms with Gasteiger partial charge in [-0.3, -0.25) is 4.79 Å². The van der Waals surface area contributed by atoms with Gasteiger partial charge in [0.15, 0.2) is 17.3 Å². The Bertz CT molecular complexity index is 839. The molecule has 0 unspecified atom stereocenters. The topological polar surface area (TPSA) is 78.7 Å². The van der Waals surface area contributed by atoms with Crippen LogP contribution in [0.4, 0.5) is 8.78 Å². The minimum Gasteiger partial charge on any atom is -0.335 e. The molecule has 3 aromatic rings. The summed E-state index contributed by atoms with van der Waals surface area (Å²) in [7, 11) is 0. The molecule has 0 saturated carbocycles. The van der Waals surface area contributed by atoms with Gasteiger partial charge >= 0.3 is 0 Å². The summed E-state index contributed by atoms with van der Waals surface area (Å²) in [4.78, 5) is 15.7. The average Bonchev–Trinajstić information content (AvgIpc) is 2.82. The van der Waals surface area contributed by atoms with Gasteiger partial charge in [0, 0.05) is 6.07 Å². The molecule has 0 amide bonds. The number of nitrogens with two attached hydrogens (primary N) is 1. The second-order valence-electron chi connectivity index (χ2n) is 3.85. The van der Waals surface area contributed by atoms with Gasteiger partial charge < -0.3 is 5.84 Å². The maximum Gasteiger partial charge on any atom is 0.282 e. The summed E-state index contributed by atoms with van der Waals surface area (Å²) in [6, 6.07) is 3.28. The van der Waals surface area contributed by atoms with Crippen LogP contribution in [0.1, 0.15) is 0 Å². The molecule has 0 aliphatic carbocycles. The molecule has 0 saturated heterocycles. The molecule has 1 aromatic carbocycles. The number of nitrogens with zero attached hydrogens (tertiary/aromatic N) is 4. The largest absolute Gasteiger partial charge is 0.335 e. The highest BCUT2D eigenvalue weighted by Crippen LogP contribution is 2.16. The van der Waals surface area contributed by atoms with Crippen molar-refractivity contribution in [3.05, 3.63) is 52.7 Å². The van der Waals surface area contributed by atoms with E-state index in [-0.39, 0.29) is 16.7 Å². The second-order valence-corrected chi connectivity index (χ2v) is 3.85. The Balaban J connectivity index is 2.29. The van der Waals surface area contributed by atoms with Crippen molar-refractivity contribution in [3.63, 3.8) is 0 Å². The lowest BCUT2D eigenvalue weighted by Gasteiger charge is -2.03. The molecule has 3 rings (SSSR count). The van der Waals surface area contributed by atoms with E-state index in [0.29, 0.717) is 0 Å². The highest BCUT2D eigenvalue weighted by atomic mass is 19.2. The van der Waals surface area contributed by atoms with Crippen molar-refractivity contribution in [2.75, 3.05) is 5.84 Å². The van der Waals surface area contributed by atoms with Crippen molar-refractivity contribution < 1.29 is 8.78 Å². The van der Waals surface area contributed by atoms with Gasteiger partial charge in [-0.1, -0.05) is 0 Å². The van der Waals surface area contributed by atoms with Crippen LogP contribution in [0.2, 0.25) is 0 Å². The number of hydrogen-bond donors (Lipinski definition) is 1. The second kappa shape index (κ2) is 3.87.